The Kier molecular flexibility index (Phi) is 20.0. The highest BCUT2D eigenvalue weighted by molar-refractivity contribution is 6.30. The molecule has 0 unspecified atom stereocenters. The van der Waals surface area contributed by atoms with Crippen LogP contribution in [0.3, 0.4) is 0 Å². The molecule has 0 aromatic carbocycles. The molecule has 0 spiro atoms. The van der Waals surface area contributed by atoms with Crippen molar-refractivity contribution in [1.29, 1.82) is 0 Å². The zero-order valence-electron chi connectivity index (χ0n) is 3.72. The van der Waals surface area contributed by atoms with E-state index in [1.807, 2.05) is 0 Å². The zero-order valence-corrected chi connectivity index (χ0v) is 4.72. The highest BCUT2D eigenvalue weighted by Gasteiger charge is 1.92. The average Bonchev–Trinajstić information content (AvgIpc) is 1.25. The molecular weight excluding hydrogens is 159 g/mol. The van der Waals surface area contributed by atoms with Crippen LogP contribution in [0.2, 0.25) is 0 Å². The number of rotatable bonds is 0. The highest BCUT2D eigenvalue weighted by Crippen LogP contribution is 1.40. The summed E-state index contributed by atoms with van der Waals surface area (Å²) < 4.78 is 8.74. The molecule has 9 heavy (non-hydrogen) atoms. The van der Waals surface area contributed by atoms with E-state index in [2.05, 4.69) is 0 Å². The van der Waals surface area contributed by atoms with E-state index < -0.39 is 16.5 Å². The van der Waals surface area contributed by atoms with Gasteiger partial charge in [-0.1, -0.05) is 0 Å². The van der Waals surface area contributed by atoms with E-state index >= 15 is 0 Å². The van der Waals surface area contributed by atoms with Gasteiger partial charge >= 0.3 is 39.5 Å². The van der Waals surface area contributed by atoms with Crippen molar-refractivity contribution < 1.29 is 29.1 Å². The van der Waals surface area contributed by atoms with Gasteiger partial charge in [0, 0.05) is 0 Å². The molecule has 52 valence electrons. The lowest BCUT2D eigenvalue weighted by molar-refractivity contribution is 0.278. The average molecular weight is 166 g/mol. The molecule has 0 saturated carbocycles. The molecule has 0 atom stereocenters. The van der Waals surface area contributed by atoms with E-state index in [9.17, 15) is 0 Å². The molecule has 9 heteroatoms. The van der Waals surface area contributed by atoms with Crippen molar-refractivity contribution in [2.24, 2.45) is 0 Å². The Morgan fingerprint density at radius 3 is 1.11 bits per heavy atom. The first-order valence-corrected chi connectivity index (χ1v) is 2.73. The topological polar surface area (TPSA) is 118 Å². The maximum absolute atomic E-state index is 8.74. The fourth-order valence-electron chi connectivity index (χ4n) is 0. The van der Waals surface area contributed by atoms with Gasteiger partial charge in [-0.15, -0.1) is 0 Å². The fraction of sp³-hybridized carbons (Fsp3) is 0. The van der Waals surface area contributed by atoms with Gasteiger partial charge in [0.25, 0.3) is 0 Å². The second-order valence-electron chi connectivity index (χ2n) is 0.629. The summed E-state index contributed by atoms with van der Waals surface area (Å²) in [4.78, 5) is 14.3. The van der Waals surface area contributed by atoms with Crippen LogP contribution in [-0.4, -0.2) is 64.2 Å². The predicted molar refractivity (Wildman–Crippen MR) is 31.8 cm³/mol. The third kappa shape index (κ3) is 3100. The maximum atomic E-state index is 8.74. The van der Waals surface area contributed by atoms with Gasteiger partial charge < -0.3 is 24.7 Å². The summed E-state index contributed by atoms with van der Waals surface area (Å²) in [5.41, 5.74) is 0. The highest BCUT2D eigenvalue weighted by atomic mass is 28.3. The van der Waals surface area contributed by atoms with Gasteiger partial charge in [-0.05, 0) is 0 Å². The lowest BCUT2D eigenvalue weighted by Crippen LogP contribution is -2.07. The smallest absolute Gasteiger partial charge is 0.511 e. The third-order valence-corrected chi connectivity index (χ3v) is 0. The summed E-state index contributed by atoms with van der Waals surface area (Å²) in [6, 6.07) is 0. The zero-order chi connectivity index (χ0) is 7.15. The van der Waals surface area contributed by atoms with Gasteiger partial charge in [0.05, 0.1) is 0 Å². The van der Waals surface area contributed by atoms with Crippen LogP contribution in [-0.2, 0) is 4.46 Å². The Balaban J connectivity index is -0.0000000720. The normalized spacial score (nSPS) is 5.67. The first-order valence-electron chi connectivity index (χ1n) is 1.43. The van der Waals surface area contributed by atoms with Crippen molar-refractivity contribution in [3.05, 3.63) is 0 Å². The summed E-state index contributed by atoms with van der Waals surface area (Å²) in [7, 11) is -5.30. The van der Waals surface area contributed by atoms with E-state index in [0.717, 1.165) is 0 Å². The fourth-order valence-corrected chi connectivity index (χ4v) is 0. The van der Waals surface area contributed by atoms with Gasteiger partial charge in [0.1, 0.15) is 0 Å². The monoisotopic (exact) mass is 166 g/mol. The van der Waals surface area contributed by atoms with Gasteiger partial charge in [0.15, 0.2) is 0 Å². The minimum absolute atomic E-state index is 0. The van der Waals surface area contributed by atoms with Crippen molar-refractivity contribution in [3.63, 3.8) is 0 Å². The number of hydrogen-bond acceptors (Lipinski definition) is 4. The Bertz CT molecular complexity index is 57.3. The Morgan fingerprint density at radius 2 is 1.11 bits per heavy atom. The SMILES string of the molecule is O=[Si](O)O.OB(O)O.[MgH2]. The molecule has 0 aliphatic heterocycles. The van der Waals surface area contributed by atoms with Crippen molar-refractivity contribution in [1.82, 2.24) is 0 Å². The summed E-state index contributed by atoms with van der Waals surface area (Å²) in [5, 5.41) is 21.5. The van der Waals surface area contributed by atoms with Gasteiger partial charge in [-0.3, -0.25) is 4.46 Å². The summed E-state index contributed by atoms with van der Waals surface area (Å²) >= 11 is 0. The molecule has 0 amide bonds. The van der Waals surface area contributed by atoms with Crippen LogP contribution in [0.1, 0.15) is 0 Å². The Morgan fingerprint density at radius 1 is 1.11 bits per heavy atom. The molecule has 6 nitrogen and oxygen atoms in total. The van der Waals surface area contributed by atoms with Crippen LogP contribution in [0.5, 0.6) is 0 Å². The van der Waals surface area contributed by atoms with Crippen molar-refractivity contribution in [3.8, 4) is 0 Å². The summed E-state index contributed by atoms with van der Waals surface area (Å²) in [6.45, 7) is 0. The molecule has 0 rings (SSSR count). The van der Waals surface area contributed by atoms with Gasteiger partial charge in [-0.25, -0.2) is 0 Å². The Labute approximate surface area is 69.0 Å². The minimum Gasteiger partial charge on any atom is -0.511 e. The minimum atomic E-state index is -3.13. The van der Waals surface area contributed by atoms with Crippen LogP contribution < -0.4 is 0 Å². The molecule has 0 heterocycles. The van der Waals surface area contributed by atoms with E-state index in [-0.39, 0.29) is 23.1 Å². The van der Waals surface area contributed by atoms with Gasteiger partial charge in [0.2, 0.25) is 0 Å². The molecule has 0 saturated heterocycles. The molecule has 0 aliphatic rings. The van der Waals surface area contributed by atoms with Crippen molar-refractivity contribution in [2.45, 2.75) is 0 Å². The van der Waals surface area contributed by atoms with E-state index in [1.165, 1.54) is 0 Å². The van der Waals surface area contributed by atoms with Crippen LogP contribution in [0.25, 0.3) is 0 Å². The van der Waals surface area contributed by atoms with E-state index in [0.29, 0.717) is 0 Å². The lowest BCUT2D eigenvalue weighted by Gasteiger charge is -1.69. The quantitative estimate of drug-likeness (QED) is 0.231. The van der Waals surface area contributed by atoms with E-state index in [4.69, 9.17) is 29.1 Å². The molecule has 0 radical (unpaired) electrons. The van der Waals surface area contributed by atoms with Crippen LogP contribution in [0.15, 0.2) is 0 Å². The second kappa shape index (κ2) is 11.2. The molecule has 0 aliphatic carbocycles. The first-order chi connectivity index (χ1) is 3.46. The second-order valence-corrected chi connectivity index (χ2v) is 1.19. The Hall–Kier alpha value is 0.328. The van der Waals surface area contributed by atoms with Crippen LogP contribution >= 0.6 is 0 Å². The molecular formula is H7BMgO6Si. The van der Waals surface area contributed by atoms with Crippen LogP contribution in [0.4, 0.5) is 0 Å². The third-order valence-electron chi connectivity index (χ3n) is 0. The molecule has 0 aromatic rings. The van der Waals surface area contributed by atoms with Gasteiger partial charge in [-0.2, -0.15) is 0 Å². The lowest BCUT2D eigenvalue weighted by atomic mass is 10.3. The van der Waals surface area contributed by atoms with Crippen molar-refractivity contribution >= 4 is 39.5 Å². The first kappa shape index (κ1) is 16.2. The maximum Gasteiger partial charge on any atom is 0.761 e. The molecule has 0 aromatic heterocycles. The predicted octanol–water partition coefficient (Wildman–Crippen LogP) is -4.58. The number of hydrogen-bond donors (Lipinski definition) is 5. The molecule has 5 N–H and O–H groups in total. The molecule has 0 fully saturated rings. The summed E-state index contributed by atoms with van der Waals surface area (Å²) in [5.74, 6) is 0. The molecule has 0 bridgehead atoms. The standard InChI is InChI=1S/BH3O3.Mg.H2O3Si.2H/c2-1(3)4;;1-4(2)3;;/h2-4H;;1-2H;;. The van der Waals surface area contributed by atoms with E-state index in [1.54, 1.807) is 0 Å². The van der Waals surface area contributed by atoms with Crippen LogP contribution in [0, 0.1) is 0 Å². The summed E-state index contributed by atoms with van der Waals surface area (Å²) in [6.07, 6.45) is 0. The largest absolute Gasteiger partial charge is 0.761 e. The van der Waals surface area contributed by atoms with Crippen molar-refractivity contribution in [2.75, 3.05) is 0 Å².